The maximum Gasteiger partial charge on any atom is 0.332 e. The molecule has 0 spiro atoms. The zero-order chi connectivity index (χ0) is 14.4. The van der Waals surface area contributed by atoms with Crippen molar-refractivity contribution in [2.75, 3.05) is 5.32 Å². The molecular weight excluding hydrogens is 268 g/mol. The van der Waals surface area contributed by atoms with E-state index in [1.165, 1.54) is 0 Å². The molecule has 102 valence electrons. The van der Waals surface area contributed by atoms with E-state index in [4.69, 9.17) is 17.3 Å². The lowest BCUT2D eigenvalue weighted by atomic mass is 10.2. The van der Waals surface area contributed by atoms with Crippen molar-refractivity contribution in [2.45, 2.75) is 20.3 Å². The maximum absolute atomic E-state index is 11.8. The molecule has 7 heteroatoms. The van der Waals surface area contributed by atoms with Gasteiger partial charge in [-0.25, -0.2) is 10.2 Å². The first kappa shape index (κ1) is 15.0. The number of nitrogens with two attached hydrogens (primary N) is 1. The Morgan fingerprint density at radius 1 is 1.42 bits per heavy atom. The minimum Gasteiger partial charge on any atom is -0.350 e. The van der Waals surface area contributed by atoms with Gasteiger partial charge in [-0.1, -0.05) is 17.7 Å². The number of anilines is 1. The first-order valence-electron chi connectivity index (χ1n) is 5.53. The molecular formula is C12H15ClN4O2. The highest BCUT2D eigenvalue weighted by atomic mass is 35.5. The summed E-state index contributed by atoms with van der Waals surface area (Å²) < 4.78 is 0. The predicted octanol–water partition coefficient (Wildman–Crippen LogP) is 2.02. The van der Waals surface area contributed by atoms with Crippen molar-refractivity contribution >= 4 is 34.9 Å². The number of aryl methyl sites for hydroxylation is 1. The van der Waals surface area contributed by atoms with E-state index >= 15 is 0 Å². The molecule has 0 atom stereocenters. The number of amides is 3. The molecule has 0 saturated carbocycles. The minimum absolute atomic E-state index is 0.0479. The summed E-state index contributed by atoms with van der Waals surface area (Å²) >= 11 is 5.85. The Morgan fingerprint density at radius 2 is 2.11 bits per heavy atom. The number of rotatable bonds is 4. The van der Waals surface area contributed by atoms with E-state index < -0.39 is 6.03 Å². The van der Waals surface area contributed by atoms with Crippen LogP contribution in [0.4, 0.5) is 10.5 Å². The molecule has 0 aliphatic rings. The van der Waals surface area contributed by atoms with Crippen molar-refractivity contribution < 1.29 is 9.59 Å². The lowest BCUT2D eigenvalue weighted by molar-refractivity contribution is -0.115. The molecule has 0 aliphatic heterocycles. The Labute approximate surface area is 116 Å². The summed E-state index contributed by atoms with van der Waals surface area (Å²) in [5, 5.41) is 6.92. The van der Waals surface area contributed by atoms with E-state index in [0.717, 1.165) is 5.56 Å². The number of nitrogens with one attached hydrogen (secondary N) is 2. The van der Waals surface area contributed by atoms with E-state index in [1.54, 1.807) is 19.1 Å². The smallest absolute Gasteiger partial charge is 0.332 e. The molecule has 6 nitrogen and oxygen atoms in total. The minimum atomic E-state index is -0.773. The van der Waals surface area contributed by atoms with Gasteiger partial charge in [-0.15, -0.1) is 0 Å². The largest absolute Gasteiger partial charge is 0.350 e. The zero-order valence-electron chi connectivity index (χ0n) is 10.7. The quantitative estimate of drug-likeness (QED) is 0.582. The molecule has 0 aliphatic carbocycles. The number of nitrogens with zero attached hydrogens (tertiary/aromatic N) is 1. The van der Waals surface area contributed by atoms with Crippen LogP contribution < -0.4 is 16.5 Å². The van der Waals surface area contributed by atoms with Gasteiger partial charge in [-0.3, -0.25) is 4.79 Å². The van der Waals surface area contributed by atoms with Gasteiger partial charge in [0.2, 0.25) is 5.91 Å². The Balaban J connectivity index is 2.62. The summed E-state index contributed by atoms with van der Waals surface area (Å²) in [6.45, 7) is 3.47. The van der Waals surface area contributed by atoms with Crippen LogP contribution in [0.15, 0.2) is 23.3 Å². The molecule has 19 heavy (non-hydrogen) atoms. The van der Waals surface area contributed by atoms with E-state index in [-0.39, 0.29) is 12.3 Å². The van der Waals surface area contributed by atoms with Crippen molar-refractivity contribution in [1.29, 1.82) is 0 Å². The number of halogens is 1. The molecule has 4 N–H and O–H groups in total. The van der Waals surface area contributed by atoms with Crippen molar-refractivity contribution in [1.82, 2.24) is 5.43 Å². The van der Waals surface area contributed by atoms with Gasteiger partial charge >= 0.3 is 6.03 Å². The van der Waals surface area contributed by atoms with E-state index in [2.05, 4.69) is 15.8 Å². The normalized spacial score (nSPS) is 11.0. The second-order valence-electron chi connectivity index (χ2n) is 4.01. The van der Waals surface area contributed by atoms with Gasteiger partial charge in [-0.05, 0) is 31.5 Å². The third-order valence-corrected chi connectivity index (χ3v) is 2.48. The van der Waals surface area contributed by atoms with Gasteiger partial charge in [0.1, 0.15) is 0 Å². The van der Waals surface area contributed by atoms with E-state index in [0.29, 0.717) is 16.4 Å². The van der Waals surface area contributed by atoms with Gasteiger partial charge in [-0.2, -0.15) is 5.10 Å². The highest BCUT2D eigenvalue weighted by Crippen LogP contribution is 2.20. The number of benzene rings is 1. The van der Waals surface area contributed by atoms with Crippen molar-refractivity contribution in [3.05, 3.63) is 28.8 Å². The third-order valence-electron chi connectivity index (χ3n) is 2.25. The monoisotopic (exact) mass is 282 g/mol. The van der Waals surface area contributed by atoms with Crippen molar-refractivity contribution in [3.63, 3.8) is 0 Å². The van der Waals surface area contributed by atoms with Crippen LogP contribution in [0.3, 0.4) is 0 Å². The average molecular weight is 283 g/mol. The molecule has 0 aromatic heterocycles. The highest BCUT2D eigenvalue weighted by Gasteiger charge is 2.07. The second kappa shape index (κ2) is 6.75. The first-order valence-corrected chi connectivity index (χ1v) is 5.91. The maximum atomic E-state index is 11.8. The fourth-order valence-corrected chi connectivity index (χ4v) is 1.52. The topological polar surface area (TPSA) is 96.6 Å². The molecule has 1 aromatic carbocycles. The van der Waals surface area contributed by atoms with Crippen molar-refractivity contribution in [2.24, 2.45) is 10.8 Å². The summed E-state index contributed by atoms with van der Waals surface area (Å²) in [6, 6.07) is 4.46. The van der Waals surface area contributed by atoms with Crippen LogP contribution in [0.25, 0.3) is 0 Å². The van der Waals surface area contributed by atoms with Gasteiger partial charge < -0.3 is 11.1 Å². The van der Waals surface area contributed by atoms with Crippen molar-refractivity contribution in [3.8, 4) is 0 Å². The second-order valence-corrected chi connectivity index (χ2v) is 4.44. The predicted molar refractivity (Wildman–Crippen MR) is 75.3 cm³/mol. The SMILES string of the molecule is C/C(CC(=O)Nc1cc(Cl)ccc1C)=N/NC(N)=O. The number of carbonyl (C=O) groups excluding carboxylic acids is 2. The Morgan fingerprint density at radius 3 is 2.74 bits per heavy atom. The summed E-state index contributed by atoms with van der Waals surface area (Å²) in [5.41, 5.74) is 8.91. The van der Waals surface area contributed by atoms with Crippen LogP contribution >= 0.6 is 11.6 Å². The Hall–Kier alpha value is -2.08. The molecule has 0 unspecified atom stereocenters. The molecule has 1 aromatic rings. The molecule has 0 radical (unpaired) electrons. The lowest BCUT2D eigenvalue weighted by Crippen LogP contribution is -2.26. The Kier molecular flexibility index (Phi) is 5.32. The lowest BCUT2D eigenvalue weighted by Gasteiger charge is -2.08. The van der Waals surface area contributed by atoms with Gasteiger partial charge in [0.05, 0.1) is 6.42 Å². The van der Waals surface area contributed by atoms with E-state index in [1.807, 2.05) is 13.0 Å². The van der Waals surface area contributed by atoms with Crippen LogP contribution in [0.2, 0.25) is 5.02 Å². The zero-order valence-corrected chi connectivity index (χ0v) is 11.4. The summed E-state index contributed by atoms with van der Waals surface area (Å²) in [4.78, 5) is 22.2. The van der Waals surface area contributed by atoms with E-state index in [9.17, 15) is 9.59 Å². The van der Waals surface area contributed by atoms with Crippen LogP contribution in [-0.4, -0.2) is 17.6 Å². The molecule has 0 heterocycles. The van der Waals surface area contributed by atoms with Gasteiger partial charge in [0.15, 0.2) is 0 Å². The van der Waals surface area contributed by atoms with Gasteiger partial charge in [0, 0.05) is 16.4 Å². The fraction of sp³-hybridized carbons (Fsp3) is 0.250. The third kappa shape index (κ3) is 5.39. The molecule has 1 rings (SSSR count). The average Bonchev–Trinajstić information content (AvgIpc) is 2.31. The summed E-state index contributed by atoms with van der Waals surface area (Å²) in [6.07, 6.45) is 0.0479. The standard InChI is InChI=1S/C12H15ClN4O2/c1-7-3-4-9(13)6-10(7)15-11(18)5-8(2)16-17-12(14)19/h3-4,6H,5H2,1-2H3,(H,15,18)(H3,14,17,19)/b16-8-. The molecule has 0 fully saturated rings. The number of hydrogen-bond donors (Lipinski definition) is 3. The number of urea groups is 1. The molecule has 3 amide bonds. The number of carbonyl (C=O) groups is 2. The Bertz CT molecular complexity index is 528. The van der Waals surface area contributed by atoms with Crippen LogP contribution in [0, 0.1) is 6.92 Å². The fourth-order valence-electron chi connectivity index (χ4n) is 1.35. The van der Waals surface area contributed by atoms with Crippen LogP contribution in [-0.2, 0) is 4.79 Å². The summed E-state index contributed by atoms with van der Waals surface area (Å²) in [7, 11) is 0. The number of hydrazone groups is 1. The molecule has 0 saturated heterocycles. The van der Waals surface area contributed by atoms with Gasteiger partial charge in [0.25, 0.3) is 0 Å². The van der Waals surface area contributed by atoms with Crippen LogP contribution in [0.5, 0.6) is 0 Å². The number of hydrogen-bond acceptors (Lipinski definition) is 3. The van der Waals surface area contributed by atoms with Crippen LogP contribution in [0.1, 0.15) is 18.9 Å². The highest BCUT2D eigenvalue weighted by molar-refractivity contribution is 6.31. The number of primary amides is 1. The first-order chi connectivity index (χ1) is 8.88. The summed E-state index contributed by atoms with van der Waals surface area (Å²) in [5.74, 6) is -0.252. The molecule has 0 bridgehead atoms.